The van der Waals surface area contributed by atoms with Crippen molar-refractivity contribution in [1.29, 1.82) is 0 Å². The summed E-state index contributed by atoms with van der Waals surface area (Å²) >= 11 is 7.16. The zero-order chi connectivity index (χ0) is 16.5. The fourth-order valence-corrected chi connectivity index (χ4v) is 3.46. The summed E-state index contributed by atoms with van der Waals surface area (Å²) < 4.78 is 58.3. The van der Waals surface area contributed by atoms with Gasteiger partial charge in [0, 0.05) is 6.20 Å². The van der Waals surface area contributed by atoms with E-state index in [2.05, 4.69) is 4.98 Å². The molecule has 2 aromatic rings. The molecule has 118 valence electrons. The summed E-state index contributed by atoms with van der Waals surface area (Å²) in [6.45, 7) is 0. The third-order valence-electron chi connectivity index (χ3n) is 2.55. The van der Waals surface area contributed by atoms with E-state index in [1.54, 1.807) is 0 Å². The third-order valence-corrected chi connectivity index (χ3v) is 5.10. The molecule has 0 unspecified atom stereocenters. The molecule has 1 aromatic carbocycles. The van der Waals surface area contributed by atoms with Gasteiger partial charge in [-0.3, -0.25) is 4.72 Å². The van der Waals surface area contributed by atoms with Crippen molar-refractivity contribution in [3.63, 3.8) is 0 Å². The Bertz CT molecular complexity index is 833. The molecule has 0 radical (unpaired) electrons. The maximum Gasteiger partial charge on any atom is 0.267 e. The van der Waals surface area contributed by atoms with Gasteiger partial charge in [-0.1, -0.05) is 11.6 Å². The van der Waals surface area contributed by atoms with E-state index < -0.39 is 27.3 Å². The van der Waals surface area contributed by atoms with Gasteiger partial charge >= 0.3 is 0 Å². The van der Waals surface area contributed by atoms with Gasteiger partial charge in [0.2, 0.25) is 5.88 Å². The number of ether oxygens (including phenoxy) is 1. The van der Waals surface area contributed by atoms with Gasteiger partial charge in [0.05, 0.1) is 21.4 Å². The first-order valence-electron chi connectivity index (χ1n) is 5.62. The Morgan fingerprint density at radius 2 is 2.05 bits per heavy atom. The lowest BCUT2D eigenvalue weighted by atomic mass is 10.3. The topological polar surface area (TPSA) is 68.3 Å². The van der Waals surface area contributed by atoms with Gasteiger partial charge < -0.3 is 4.74 Å². The van der Waals surface area contributed by atoms with Crippen molar-refractivity contribution in [2.45, 2.75) is 4.90 Å². The molecule has 0 fully saturated rings. The highest BCUT2D eigenvalue weighted by Gasteiger charge is 2.24. The second-order valence-electron chi connectivity index (χ2n) is 3.99. The fraction of sp³-hybridized carbons (Fsp3) is 0.0833. The lowest BCUT2D eigenvalue weighted by Crippen LogP contribution is -2.16. The second-order valence-corrected chi connectivity index (χ2v) is 7.16. The quantitative estimate of drug-likeness (QED) is 0.561. The van der Waals surface area contributed by atoms with Crippen LogP contribution < -0.4 is 9.46 Å². The van der Waals surface area contributed by atoms with E-state index in [-0.39, 0.29) is 19.4 Å². The number of aromatic nitrogens is 1. The molecule has 1 heterocycles. The van der Waals surface area contributed by atoms with Crippen LogP contribution in [0.25, 0.3) is 0 Å². The van der Waals surface area contributed by atoms with E-state index in [0.717, 1.165) is 18.2 Å². The average molecular weight is 461 g/mol. The number of hydrogen-bond acceptors (Lipinski definition) is 4. The van der Waals surface area contributed by atoms with Gasteiger partial charge in [-0.15, -0.1) is 0 Å². The highest BCUT2D eigenvalue weighted by atomic mass is 127. The van der Waals surface area contributed by atoms with Crippen LogP contribution in [-0.2, 0) is 10.0 Å². The molecule has 5 nitrogen and oxygen atoms in total. The van der Waals surface area contributed by atoms with Crippen LogP contribution >= 0.6 is 34.2 Å². The molecule has 0 spiro atoms. The van der Waals surface area contributed by atoms with E-state index in [4.69, 9.17) is 16.3 Å². The van der Waals surface area contributed by atoms with Crippen molar-refractivity contribution in [1.82, 2.24) is 4.98 Å². The van der Waals surface area contributed by atoms with Crippen molar-refractivity contribution in [3.8, 4) is 5.88 Å². The highest BCUT2D eigenvalue weighted by Crippen LogP contribution is 2.29. The fourth-order valence-electron chi connectivity index (χ4n) is 1.56. The molecule has 0 saturated heterocycles. The number of rotatable bonds is 4. The minimum absolute atomic E-state index is 0.0651. The van der Waals surface area contributed by atoms with E-state index in [9.17, 15) is 17.2 Å². The van der Waals surface area contributed by atoms with Crippen molar-refractivity contribution < 1.29 is 21.9 Å². The summed E-state index contributed by atoms with van der Waals surface area (Å²) in [4.78, 5) is 3.37. The Balaban J connectivity index is 2.49. The van der Waals surface area contributed by atoms with Crippen LogP contribution in [0.1, 0.15) is 0 Å². The molecule has 0 aliphatic carbocycles. The van der Waals surface area contributed by atoms with Gasteiger partial charge in [0.15, 0.2) is 10.7 Å². The molecule has 0 saturated carbocycles. The Morgan fingerprint density at radius 3 is 2.68 bits per heavy atom. The van der Waals surface area contributed by atoms with Crippen molar-refractivity contribution in [2.24, 2.45) is 0 Å². The first-order valence-corrected chi connectivity index (χ1v) is 8.56. The van der Waals surface area contributed by atoms with Gasteiger partial charge in [-0.2, -0.15) is 0 Å². The monoisotopic (exact) mass is 460 g/mol. The minimum atomic E-state index is -4.22. The van der Waals surface area contributed by atoms with Crippen LogP contribution in [0.4, 0.5) is 14.5 Å². The van der Waals surface area contributed by atoms with Gasteiger partial charge in [-0.05, 0) is 40.8 Å². The molecule has 1 N–H and O–H groups in total. The standard InChI is InChI=1S/C12H8ClF2IN2O3S/c1-21-12-9(4-6(13)5-17-12)22(19,20)18-8-3-2-7(14)11(16)10(8)15/h2-5,18H,1H3. The van der Waals surface area contributed by atoms with Crippen molar-refractivity contribution in [2.75, 3.05) is 11.8 Å². The maximum atomic E-state index is 13.9. The molecule has 22 heavy (non-hydrogen) atoms. The molecule has 0 aliphatic rings. The van der Waals surface area contributed by atoms with E-state index >= 15 is 0 Å². The lowest BCUT2D eigenvalue weighted by Gasteiger charge is -2.12. The Kier molecular flexibility index (Phi) is 5.07. The summed E-state index contributed by atoms with van der Waals surface area (Å²) in [6, 6.07) is 3.05. The molecule has 0 aliphatic heterocycles. The molecule has 10 heteroatoms. The third kappa shape index (κ3) is 3.41. The predicted molar refractivity (Wildman–Crippen MR) is 85.7 cm³/mol. The van der Waals surface area contributed by atoms with Gasteiger partial charge in [-0.25, -0.2) is 22.2 Å². The molecule has 2 rings (SSSR count). The number of nitrogens with zero attached hydrogens (tertiary/aromatic N) is 1. The van der Waals surface area contributed by atoms with Crippen LogP contribution in [0.5, 0.6) is 5.88 Å². The van der Waals surface area contributed by atoms with Gasteiger partial charge in [0.1, 0.15) is 5.82 Å². The number of benzene rings is 1. The number of sulfonamides is 1. The highest BCUT2D eigenvalue weighted by molar-refractivity contribution is 14.1. The molecule has 0 amide bonds. The van der Waals surface area contributed by atoms with Crippen LogP contribution in [0.2, 0.25) is 5.02 Å². The first-order chi connectivity index (χ1) is 10.3. The first kappa shape index (κ1) is 17.2. The smallest absolute Gasteiger partial charge is 0.267 e. The normalized spacial score (nSPS) is 11.3. The van der Waals surface area contributed by atoms with E-state index in [1.807, 2.05) is 4.72 Å². The number of methoxy groups -OCH3 is 1. The summed E-state index contributed by atoms with van der Waals surface area (Å²) in [5, 5.41) is 0.0651. The Hall–Kier alpha value is -1.20. The molecule has 1 aromatic heterocycles. The number of hydrogen-bond donors (Lipinski definition) is 1. The largest absolute Gasteiger partial charge is 0.480 e. The summed E-state index contributed by atoms with van der Waals surface area (Å²) in [6.07, 6.45) is 1.21. The summed E-state index contributed by atoms with van der Waals surface area (Å²) in [5.41, 5.74) is -0.396. The minimum Gasteiger partial charge on any atom is -0.480 e. The maximum absolute atomic E-state index is 13.9. The SMILES string of the molecule is COc1ncc(Cl)cc1S(=O)(=O)Nc1ccc(F)c(I)c1F. The number of nitrogens with one attached hydrogen (secondary N) is 1. The van der Waals surface area contributed by atoms with Gasteiger partial charge in [0.25, 0.3) is 10.0 Å². The zero-order valence-corrected chi connectivity index (χ0v) is 14.6. The Labute approximate surface area is 143 Å². The molecular formula is C12H8ClF2IN2O3S. The van der Waals surface area contributed by atoms with Crippen LogP contribution in [0, 0.1) is 15.2 Å². The Morgan fingerprint density at radius 1 is 1.36 bits per heavy atom. The number of anilines is 1. The molecular weight excluding hydrogens is 453 g/mol. The van der Waals surface area contributed by atoms with Crippen LogP contribution in [-0.4, -0.2) is 20.5 Å². The second kappa shape index (κ2) is 6.50. The van der Waals surface area contributed by atoms with Crippen LogP contribution in [0.15, 0.2) is 29.3 Å². The van der Waals surface area contributed by atoms with Crippen molar-refractivity contribution in [3.05, 3.63) is 44.6 Å². The summed E-state index contributed by atoms with van der Waals surface area (Å²) in [7, 11) is -2.99. The average Bonchev–Trinajstić information content (AvgIpc) is 2.48. The number of pyridine rings is 1. The lowest BCUT2D eigenvalue weighted by molar-refractivity contribution is 0.385. The number of halogens is 4. The molecule has 0 atom stereocenters. The van der Waals surface area contributed by atoms with Crippen molar-refractivity contribution >= 4 is 49.9 Å². The van der Waals surface area contributed by atoms with E-state index in [0.29, 0.717) is 0 Å². The summed E-state index contributed by atoms with van der Waals surface area (Å²) in [5.74, 6) is -2.00. The predicted octanol–water partition coefficient (Wildman–Crippen LogP) is 3.43. The van der Waals surface area contributed by atoms with E-state index in [1.165, 1.54) is 35.9 Å². The zero-order valence-electron chi connectivity index (χ0n) is 10.9. The molecule has 0 bridgehead atoms. The van der Waals surface area contributed by atoms with Crippen LogP contribution in [0.3, 0.4) is 0 Å².